The molecule has 0 aliphatic heterocycles. The van der Waals surface area contributed by atoms with E-state index >= 15 is 0 Å². The summed E-state index contributed by atoms with van der Waals surface area (Å²) in [4.78, 5) is 12.8. The lowest BCUT2D eigenvalue weighted by Gasteiger charge is -2.20. The van der Waals surface area contributed by atoms with Gasteiger partial charge in [0.1, 0.15) is 5.75 Å². The van der Waals surface area contributed by atoms with E-state index in [4.69, 9.17) is 4.74 Å². The number of nitrogens with zero attached hydrogens (tertiary/aromatic N) is 2. The molecule has 0 atom stereocenters. The normalized spacial score (nSPS) is 13.5. The SMILES string of the molecule is CCc1ccc(-c2nn(C)c(=O)c3c2CCCC3)cc1S(=O)(=O)Nc1ccccc1OC. The molecule has 4 rings (SSSR count). The molecule has 0 radical (unpaired) electrons. The van der Waals surface area contributed by atoms with Crippen LogP contribution in [0.4, 0.5) is 5.69 Å². The summed E-state index contributed by atoms with van der Waals surface area (Å²) >= 11 is 0. The average Bonchev–Trinajstić information content (AvgIpc) is 2.81. The number of hydrogen-bond acceptors (Lipinski definition) is 5. The van der Waals surface area contributed by atoms with E-state index in [-0.39, 0.29) is 10.5 Å². The van der Waals surface area contributed by atoms with Gasteiger partial charge in [-0.1, -0.05) is 31.2 Å². The second-order valence-electron chi connectivity index (χ2n) is 7.92. The Morgan fingerprint density at radius 3 is 2.53 bits per heavy atom. The van der Waals surface area contributed by atoms with Crippen LogP contribution in [0.15, 0.2) is 52.2 Å². The fraction of sp³-hybridized carbons (Fsp3) is 0.333. The number of methoxy groups -OCH3 is 1. The average molecular weight is 454 g/mol. The Kier molecular flexibility index (Phi) is 6.06. The lowest BCUT2D eigenvalue weighted by atomic mass is 9.89. The Morgan fingerprint density at radius 2 is 1.81 bits per heavy atom. The summed E-state index contributed by atoms with van der Waals surface area (Å²) in [7, 11) is -0.744. The molecule has 0 unspecified atom stereocenters. The van der Waals surface area contributed by atoms with Crippen LogP contribution in [0.5, 0.6) is 5.75 Å². The largest absolute Gasteiger partial charge is 0.495 e. The summed E-state index contributed by atoms with van der Waals surface area (Å²) in [6.07, 6.45) is 4.02. The van der Waals surface area contributed by atoms with Crippen molar-refractivity contribution < 1.29 is 13.2 Å². The highest BCUT2D eigenvalue weighted by atomic mass is 32.2. The first kappa shape index (κ1) is 22.1. The highest BCUT2D eigenvalue weighted by molar-refractivity contribution is 7.92. The van der Waals surface area contributed by atoms with Crippen molar-refractivity contribution in [3.05, 3.63) is 69.5 Å². The van der Waals surface area contributed by atoms with Gasteiger partial charge >= 0.3 is 0 Å². The lowest BCUT2D eigenvalue weighted by molar-refractivity contribution is 0.417. The molecule has 0 spiro atoms. The minimum absolute atomic E-state index is 0.0701. The molecule has 0 fully saturated rings. The van der Waals surface area contributed by atoms with Gasteiger partial charge in [-0.2, -0.15) is 5.10 Å². The van der Waals surface area contributed by atoms with Crippen molar-refractivity contribution >= 4 is 15.7 Å². The summed E-state index contributed by atoms with van der Waals surface area (Å²) in [5.74, 6) is 0.444. The molecule has 32 heavy (non-hydrogen) atoms. The van der Waals surface area contributed by atoms with Crippen molar-refractivity contribution in [2.75, 3.05) is 11.8 Å². The molecule has 3 aromatic rings. The number of fused-ring (bicyclic) bond motifs is 1. The topological polar surface area (TPSA) is 90.3 Å². The van der Waals surface area contributed by atoms with Crippen molar-refractivity contribution in [1.82, 2.24) is 9.78 Å². The fourth-order valence-corrected chi connectivity index (χ4v) is 5.67. The van der Waals surface area contributed by atoms with Crippen molar-refractivity contribution in [3.8, 4) is 17.0 Å². The van der Waals surface area contributed by atoms with Crippen LogP contribution in [0.3, 0.4) is 0 Å². The van der Waals surface area contributed by atoms with E-state index in [9.17, 15) is 13.2 Å². The smallest absolute Gasteiger partial charge is 0.269 e. The van der Waals surface area contributed by atoms with Gasteiger partial charge in [0.15, 0.2) is 0 Å². The zero-order valence-corrected chi connectivity index (χ0v) is 19.3. The van der Waals surface area contributed by atoms with Crippen LogP contribution in [-0.4, -0.2) is 25.3 Å². The maximum atomic E-state index is 13.4. The molecular formula is C24H27N3O4S. The second kappa shape index (κ2) is 8.78. The second-order valence-corrected chi connectivity index (χ2v) is 9.57. The van der Waals surface area contributed by atoms with Gasteiger partial charge in [-0.25, -0.2) is 13.1 Å². The van der Waals surface area contributed by atoms with Gasteiger partial charge in [-0.15, -0.1) is 0 Å². The Morgan fingerprint density at radius 1 is 1.09 bits per heavy atom. The zero-order chi connectivity index (χ0) is 22.9. The monoisotopic (exact) mass is 453 g/mol. The summed E-state index contributed by atoms with van der Waals surface area (Å²) in [5, 5.41) is 4.52. The molecule has 2 aromatic carbocycles. The van der Waals surface area contributed by atoms with Crippen molar-refractivity contribution in [2.45, 2.75) is 43.9 Å². The molecule has 1 heterocycles. The number of aromatic nitrogens is 2. The molecule has 8 heteroatoms. The standard InChI is InChI=1S/C24H27N3O4S/c1-4-16-13-14-17(23-18-9-5-6-10-19(18)24(28)27(2)25-23)15-22(16)32(29,30)26-20-11-7-8-12-21(20)31-3/h7-8,11-15,26H,4-6,9-10H2,1-3H3. The highest BCUT2D eigenvalue weighted by Crippen LogP contribution is 2.32. The van der Waals surface area contributed by atoms with Crippen molar-refractivity contribution in [1.29, 1.82) is 0 Å². The highest BCUT2D eigenvalue weighted by Gasteiger charge is 2.24. The summed E-state index contributed by atoms with van der Waals surface area (Å²) in [6, 6.07) is 12.3. The predicted molar refractivity (Wildman–Crippen MR) is 125 cm³/mol. The Bertz CT molecular complexity index is 1330. The number of ether oxygens (including phenoxy) is 1. The molecule has 1 aromatic heterocycles. The van der Waals surface area contributed by atoms with E-state index in [1.54, 1.807) is 37.4 Å². The van der Waals surface area contributed by atoms with Gasteiger partial charge in [-0.3, -0.25) is 9.52 Å². The van der Waals surface area contributed by atoms with E-state index in [1.165, 1.54) is 11.8 Å². The number of sulfonamides is 1. The summed E-state index contributed by atoms with van der Waals surface area (Å²) < 4.78 is 36.1. The lowest BCUT2D eigenvalue weighted by Crippen LogP contribution is -2.28. The molecule has 7 nitrogen and oxygen atoms in total. The minimum Gasteiger partial charge on any atom is -0.495 e. The van der Waals surface area contributed by atoms with E-state index in [0.29, 0.717) is 34.7 Å². The van der Waals surface area contributed by atoms with Crippen LogP contribution in [0.1, 0.15) is 36.5 Å². The van der Waals surface area contributed by atoms with Crippen LogP contribution in [0.2, 0.25) is 0 Å². The number of aryl methyl sites for hydroxylation is 2. The summed E-state index contributed by atoms with van der Waals surface area (Å²) in [6.45, 7) is 1.92. The zero-order valence-electron chi connectivity index (χ0n) is 18.5. The Labute approximate surface area is 188 Å². The maximum absolute atomic E-state index is 13.4. The van der Waals surface area contributed by atoms with Crippen molar-refractivity contribution in [2.24, 2.45) is 7.05 Å². The number of hydrogen-bond donors (Lipinski definition) is 1. The van der Waals surface area contributed by atoms with Crippen LogP contribution in [0.25, 0.3) is 11.3 Å². The van der Waals surface area contributed by atoms with Gasteiger partial charge in [0.2, 0.25) is 0 Å². The van der Waals surface area contributed by atoms with E-state index < -0.39 is 10.0 Å². The fourth-order valence-electron chi connectivity index (χ4n) is 4.26. The van der Waals surface area contributed by atoms with Gasteiger partial charge < -0.3 is 4.74 Å². The van der Waals surface area contributed by atoms with Gasteiger partial charge in [0.25, 0.3) is 15.6 Å². The van der Waals surface area contributed by atoms with Gasteiger partial charge in [0.05, 0.1) is 23.4 Å². The molecule has 1 aliphatic rings. The molecule has 0 amide bonds. The first-order valence-electron chi connectivity index (χ1n) is 10.7. The molecule has 0 saturated carbocycles. The van der Waals surface area contributed by atoms with Crippen LogP contribution in [-0.2, 0) is 36.3 Å². The minimum atomic E-state index is -3.89. The molecular weight excluding hydrogens is 426 g/mol. The third-order valence-electron chi connectivity index (χ3n) is 5.92. The Balaban J connectivity index is 1.84. The van der Waals surface area contributed by atoms with E-state index in [0.717, 1.165) is 36.8 Å². The molecule has 1 N–H and O–H groups in total. The number of nitrogens with one attached hydrogen (secondary N) is 1. The van der Waals surface area contributed by atoms with Crippen LogP contribution < -0.4 is 15.0 Å². The predicted octanol–water partition coefficient (Wildman–Crippen LogP) is 3.70. The quantitative estimate of drug-likeness (QED) is 0.615. The first-order chi connectivity index (χ1) is 15.4. The van der Waals surface area contributed by atoms with Crippen molar-refractivity contribution in [3.63, 3.8) is 0 Å². The summed E-state index contributed by atoms with van der Waals surface area (Å²) in [5.41, 5.74) is 4.10. The van der Waals surface area contributed by atoms with E-state index in [1.807, 2.05) is 19.1 Å². The Hall–Kier alpha value is -3.13. The molecule has 1 aliphatic carbocycles. The molecule has 0 saturated heterocycles. The number of benzene rings is 2. The first-order valence-corrected chi connectivity index (χ1v) is 12.2. The van der Waals surface area contributed by atoms with Gasteiger partial charge in [-0.05, 0) is 61.4 Å². The number of anilines is 1. The molecule has 0 bridgehead atoms. The molecule has 168 valence electrons. The van der Waals surface area contributed by atoms with E-state index in [2.05, 4.69) is 9.82 Å². The number of para-hydroxylation sites is 2. The van der Waals surface area contributed by atoms with Crippen LogP contribution >= 0.6 is 0 Å². The third kappa shape index (κ3) is 4.02. The van der Waals surface area contributed by atoms with Crippen LogP contribution in [0, 0.1) is 0 Å². The number of rotatable bonds is 6. The third-order valence-corrected chi connectivity index (χ3v) is 7.37. The maximum Gasteiger partial charge on any atom is 0.269 e. The van der Waals surface area contributed by atoms with Gasteiger partial charge in [0, 0.05) is 18.2 Å².